The van der Waals surface area contributed by atoms with Gasteiger partial charge in [0.15, 0.2) is 0 Å². The van der Waals surface area contributed by atoms with Crippen molar-refractivity contribution < 1.29 is 9.00 Å². The predicted octanol–water partition coefficient (Wildman–Crippen LogP) is 1.10. The van der Waals surface area contributed by atoms with Crippen LogP contribution in [0.25, 0.3) is 0 Å². The van der Waals surface area contributed by atoms with Gasteiger partial charge < -0.3 is 4.79 Å². The molecule has 1 aromatic rings. The van der Waals surface area contributed by atoms with Crippen molar-refractivity contribution >= 4 is 27.6 Å². The van der Waals surface area contributed by atoms with Crippen LogP contribution in [0.1, 0.15) is 6.42 Å². The molecule has 0 amide bonds. The van der Waals surface area contributed by atoms with E-state index < -0.39 is 15.0 Å². The topological polar surface area (TPSA) is 37.4 Å². The third-order valence-electron chi connectivity index (χ3n) is 2.66. The molecule has 0 radical (unpaired) electrons. The van der Waals surface area contributed by atoms with Gasteiger partial charge in [-0.3, -0.25) is 4.31 Å². The molecule has 1 saturated heterocycles. The van der Waals surface area contributed by atoms with Crippen molar-refractivity contribution in [2.75, 3.05) is 10.8 Å². The monoisotopic (exact) mass is 223 g/mol. The lowest BCUT2D eigenvalue weighted by atomic mass is 10.3. The molecule has 2 unspecified atom stereocenters. The Morgan fingerprint density at radius 3 is 2.60 bits per heavy atom. The summed E-state index contributed by atoms with van der Waals surface area (Å²) >= 11 is 0. The molecule has 2 atom stereocenters. The predicted molar refractivity (Wildman–Crippen MR) is 63.5 cm³/mol. The van der Waals surface area contributed by atoms with Gasteiger partial charge in [-0.15, -0.1) is 0 Å². The Balaban J connectivity index is 2.38. The molecule has 80 valence electrons. The molecular formula is C11H13NO2S. The van der Waals surface area contributed by atoms with Crippen molar-refractivity contribution in [2.45, 2.75) is 11.7 Å². The van der Waals surface area contributed by atoms with Gasteiger partial charge in [0.25, 0.3) is 0 Å². The molecule has 1 fully saturated rings. The van der Waals surface area contributed by atoms with Crippen LogP contribution in [0.4, 0.5) is 5.69 Å². The van der Waals surface area contributed by atoms with Crippen molar-refractivity contribution in [2.24, 2.45) is 0 Å². The first-order valence-electron chi connectivity index (χ1n) is 4.80. The van der Waals surface area contributed by atoms with Crippen LogP contribution >= 0.6 is 0 Å². The summed E-state index contributed by atoms with van der Waals surface area (Å²) in [5, 5.41) is -0.433. The van der Waals surface area contributed by atoms with E-state index in [1.807, 2.05) is 30.3 Å². The lowest BCUT2D eigenvalue weighted by Crippen LogP contribution is -2.29. The van der Waals surface area contributed by atoms with Gasteiger partial charge in [-0.2, -0.15) is 0 Å². The summed E-state index contributed by atoms with van der Waals surface area (Å²) in [6.07, 6.45) is 1.39. The molecule has 15 heavy (non-hydrogen) atoms. The molecule has 1 aliphatic rings. The number of benzene rings is 1. The number of hydrogen-bond donors (Lipinski definition) is 0. The Morgan fingerprint density at radius 2 is 2.07 bits per heavy atom. The number of carbonyl (C=O) groups excluding carboxylic acids is 1. The Labute approximate surface area is 89.9 Å². The van der Waals surface area contributed by atoms with Gasteiger partial charge in [-0.25, -0.2) is 4.21 Å². The molecule has 1 aromatic carbocycles. The molecule has 0 bridgehead atoms. The van der Waals surface area contributed by atoms with E-state index in [4.69, 9.17) is 0 Å². The highest BCUT2D eigenvalue weighted by Gasteiger charge is 2.33. The van der Waals surface area contributed by atoms with Crippen LogP contribution in [0.3, 0.4) is 0 Å². The van der Waals surface area contributed by atoms with Crippen molar-refractivity contribution in [1.82, 2.24) is 0 Å². The second-order valence-electron chi connectivity index (χ2n) is 3.59. The molecular weight excluding hydrogens is 210 g/mol. The Kier molecular flexibility index (Phi) is 2.52. The first-order chi connectivity index (χ1) is 7.16. The fourth-order valence-electron chi connectivity index (χ4n) is 1.80. The van der Waals surface area contributed by atoms with Crippen molar-refractivity contribution in [3.05, 3.63) is 30.3 Å². The standard InChI is InChI=1S/C11H13NO2S/c1-15(14)11(9-13)7-8-12(15)10-5-3-2-4-6-10/h2-6,9,11H,1,7-8H2. The minimum absolute atomic E-state index is 0.433. The maximum absolute atomic E-state index is 12.3. The van der Waals surface area contributed by atoms with Crippen LogP contribution in [0.2, 0.25) is 0 Å². The first kappa shape index (κ1) is 10.2. The highest BCUT2D eigenvalue weighted by molar-refractivity contribution is 8.02. The van der Waals surface area contributed by atoms with E-state index in [-0.39, 0.29) is 0 Å². The third-order valence-corrected chi connectivity index (χ3v) is 5.09. The minimum atomic E-state index is -2.47. The van der Waals surface area contributed by atoms with Crippen LogP contribution in [0.15, 0.2) is 30.3 Å². The zero-order valence-corrected chi connectivity index (χ0v) is 9.15. The highest BCUT2D eigenvalue weighted by Crippen LogP contribution is 2.27. The zero-order chi connectivity index (χ0) is 10.9. The Hall–Kier alpha value is -1.29. The van der Waals surface area contributed by atoms with E-state index >= 15 is 0 Å². The van der Waals surface area contributed by atoms with E-state index in [0.29, 0.717) is 13.0 Å². The second kappa shape index (κ2) is 3.70. The maximum Gasteiger partial charge on any atom is 0.136 e. The highest BCUT2D eigenvalue weighted by atomic mass is 32.2. The summed E-state index contributed by atoms with van der Waals surface area (Å²) in [6.45, 7) is 0.635. The molecule has 0 saturated carbocycles. The molecule has 0 aromatic heterocycles. The fraction of sp³-hybridized carbons (Fsp3) is 0.273. The lowest BCUT2D eigenvalue weighted by molar-refractivity contribution is -0.107. The van der Waals surface area contributed by atoms with E-state index in [2.05, 4.69) is 5.87 Å². The molecule has 1 heterocycles. The van der Waals surface area contributed by atoms with Gasteiger partial charge in [0.2, 0.25) is 0 Å². The number of aldehydes is 1. The van der Waals surface area contributed by atoms with Gasteiger partial charge in [0, 0.05) is 12.2 Å². The number of para-hydroxylation sites is 1. The number of anilines is 1. The summed E-state index contributed by atoms with van der Waals surface area (Å²) in [5.41, 5.74) is 0.877. The van der Waals surface area contributed by atoms with Crippen LogP contribution in [0.5, 0.6) is 0 Å². The number of carbonyl (C=O) groups is 1. The van der Waals surface area contributed by atoms with E-state index in [1.54, 1.807) is 4.31 Å². The van der Waals surface area contributed by atoms with Crippen LogP contribution in [-0.4, -0.2) is 28.2 Å². The largest absolute Gasteiger partial charge is 0.302 e. The Morgan fingerprint density at radius 1 is 1.40 bits per heavy atom. The summed E-state index contributed by atoms with van der Waals surface area (Å²) in [6, 6.07) is 9.45. The molecule has 1 aliphatic heterocycles. The van der Waals surface area contributed by atoms with E-state index in [1.165, 1.54) is 0 Å². The van der Waals surface area contributed by atoms with Crippen molar-refractivity contribution in [1.29, 1.82) is 0 Å². The van der Waals surface area contributed by atoms with Gasteiger partial charge in [0.05, 0.1) is 9.71 Å². The average molecular weight is 223 g/mol. The quantitative estimate of drug-likeness (QED) is 0.556. The van der Waals surface area contributed by atoms with E-state index in [9.17, 15) is 9.00 Å². The van der Waals surface area contributed by atoms with Crippen LogP contribution < -0.4 is 4.31 Å². The number of rotatable bonds is 2. The lowest BCUT2D eigenvalue weighted by Gasteiger charge is -2.21. The third kappa shape index (κ3) is 1.65. The fourth-order valence-corrected chi connectivity index (χ4v) is 3.67. The maximum atomic E-state index is 12.3. The van der Waals surface area contributed by atoms with Crippen LogP contribution in [0, 0.1) is 0 Å². The molecule has 4 heteroatoms. The summed E-state index contributed by atoms with van der Waals surface area (Å²) in [7, 11) is -2.47. The van der Waals surface area contributed by atoms with Gasteiger partial charge >= 0.3 is 0 Å². The van der Waals surface area contributed by atoms with Gasteiger partial charge in [0.1, 0.15) is 11.5 Å². The minimum Gasteiger partial charge on any atom is -0.302 e. The molecule has 3 nitrogen and oxygen atoms in total. The molecule has 0 spiro atoms. The van der Waals surface area contributed by atoms with Gasteiger partial charge in [-0.1, -0.05) is 18.2 Å². The number of hydrogen-bond acceptors (Lipinski definition) is 2. The van der Waals surface area contributed by atoms with Gasteiger partial charge in [-0.05, 0) is 24.4 Å². The van der Waals surface area contributed by atoms with Crippen molar-refractivity contribution in [3.8, 4) is 0 Å². The summed E-state index contributed by atoms with van der Waals surface area (Å²) in [4.78, 5) is 10.8. The summed E-state index contributed by atoms with van der Waals surface area (Å²) < 4.78 is 14.0. The average Bonchev–Trinajstić information content (AvgIpc) is 2.54. The smallest absolute Gasteiger partial charge is 0.136 e. The molecule has 0 N–H and O–H groups in total. The summed E-state index contributed by atoms with van der Waals surface area (Å²) in [5.74, 6) is 3.70. The van der Waals surface area contributed by atoms with Crippen LogP contribution in [-0.2, 0) is 14.5 Å². The zero-order valence-electron chi connectivity index (χ0n) is 8.33. The molecule has 2 rings (SSSR count). The SMILES string of the molecule is C=S1(=O)C(C=O)CCN1c1ccccc1. The number of nitrogens with zero attached hydrogens (tertiary/aromatic N) is 1. The Bertz CT molecular complexity index is 453. The first-order valence-corrected chi connectivity index (χ1v) is 6.55. The van der Waals surface area contributed by atoms with E-state index in [0.717, 1.165) is 12.0 Å². The normalized spacial score (nSPS) is 30.4. The molecule has 0 aliphatic carbocycles. The van der Waals surface area contributed by atoms with Crippen molar-refractivity contribution in [3.63, 3.8) is 0 Å². The second-order valence-corrected chi connectivity index (χ2v) is 6.02.